The lowest BCUT2D eigenvalue weighted by molar-refractivity contribution is 0.0628. The highest BCUT2D eigenvalue weighted by Gasteiger charge is 2.23. The molecule has 6 heteroatoms. The van der Waals surface area contributed by atoms with Crippen LogP contribution < -0.4 is 4.74 Å². The van der Waals surface area contributed by atoms with Crippen molar-refractivity contribution in [2.24, 2.45) is 0 Å². The second kappa shape index (κ2) is 10.6. The first kappa shape index (κ1) is 23.6. The van der Waals surface area contributed by atoms with Gasteiger partial charge in [0.05, 0.1) is 0 Å². The largest absolute Gasteiger partial charge is 0.489 e. The molecule has 0 saturated carbocycles. The second-order valence-electron chi connectivity index (χ2n) is 8.56. The monoisotopic (exact) mass is 482 g/mol. The van der Waals surface area contributed by atoms with E-state index in [0.717, 1.165) is 42.1 Å². The van der Waals surface area contributed by atoms with E-state index in [0.29, 0.717) is 35.3 Å². The third-order valence-corrected chi connectivity index (χ3v) is 6.55. The van der Waals surface area contributed by atoms with Gasteiger partial charge in [-0.05, 0) is 60.9 Å². The van der Waals surface area contributed by atoms with E-state index in [1.54, 1.807) is 6.07 Å². The minimum absolute atomic E-state index is 0.0625. The van der Waals surface area contributed by atoms with Crippen molar-refractivity contribution in [3.63, 3.8) is 0 Å². The van der Waals surface area contributed by atoms with E-state index in [2.05, 4.69) is 17.9 Å². The molecule has 0 bridgehead atoms. The highest BCUT2D eigenvalue weighted by atomic mass is 35.5. The number of carbonyl (C=O) groups is 1. The van der Waals surface area contributed by atoms with Crippen LogP contribution in [-0.2, 0) is 13.2 Å². The number of ether oxygens (including phenoxy) is 1. The summed E-state index contributed by atoms with van der Waals surface area (Å²) >= 11 is 12.3. The topological polar surface area (TPSA) is 32.8 Å². The van der Waals surface area contributed by atoms with Crippen LogP contribution in [0.2, 0.25) is 10.0 Å². The molecule has 0 unspecified atom stereocenters. The molecule has 33 heavy (non-hydrogen) atoms. The van der Waals surface area contributed by atoms with Crippen molar-refractivity contribution in [1.29, 1.82) is 0 Å². The number of amides is 1. The molecular weight excluding hydrogens is 455 g/mol. The summed E-state index contributed by atoms with van der Waals surface area (Å²) in [4.78, 5) is 17.3. The number of hydrogen-bond acceptors (Lipinski definition) is 3. The second-order valence-corrected chi connectivity index (χ2v) is 9.41. The van der Waals surface area contributed by atoms with Crippen LogP contribution in [-0.4, -0.2) is 41.9 Å². The van der Waals surface area contributed by atoms with Crippen molar-refractivity contribution >= 4 is 29.1 Å². The van der Waals surface area contributed by atoms with Gasteiger partial charge in [0, 0.05) is 48.3 Å². The number of carbonyl (C=O) groups excluding carboxylic acids is 1. The standard InChI is InChI=1S/C27H28Cl2N2O2/c1-19-6-9-26(20(2)14-19)33-18-21-4-3-5-22(15-21)27(32)31-12-10-30(11-13-31)17-23-7-8-24(28)16-25(23)29/h3-9,14-16H,10-13,17-18H2,1-2H3. The van der Waals surface area contributed by atoms with Crippen molar-refractivity contribution in [1.82, 2.24) is 9.80 Å². The fraction of sp³-hybridized carbons (Fsp3) is 0.296. The summed E-state index contributed by atoms with van der Waals surface area (Å²) in [5, 5.41) is 1.32. The van der Waals surface area contributed by atoms with Crippen LogP contribution in [0.1, 0.15) is 32.6 Å². The average molecular weight is 483 g/mol. The minimum Gasteiger partial charge on any atom is -0.489 e. The Morgan fingerprint density at radius 3 is 2.45 bits per heavy atom. The predicted octanol–water partition coefficient (Wildman–Crippen LogP) is 6.15. The molecule has 0 aliphatic carbocycles. The summed E-state index contributed by atoms with van der Waals surface area (Å²) in [6.45, 7) is 8.28. The van der Waals surface area contributed by atoms with E-state index in [1.165, 1.54) is 5.56 Å². The molecule has 0 N–H and O–H groups in total. The number of rotatable bonds is 6. The van der Waals surface area contributed by atoms with Gasteiger partial charge >= 0.3 is 0 Å². The Bertz CT molecular complexity index is 1140. The summed E-state index contributed by atoms with van der Waals surface area (Å²) in [6.07, 6.45) is 0. The van der Waals surface area contributed by atoms with E-state index < -0.39 is 0 Å². The first-order valence-corrected chi connectivity index (χ1v) is 11.9. The molecule has 0 spiro atoms. The molecule has 1 fully saturated rings. The predicted molar refractivity (Wildman–Crippen MR) is 134 cm³/mol. The Hall–Kier alpha value is -2.53. The van der Waals surface area contributed by atoms with Crippen molar-refractivity contribution < 1.29 is 9.53 Å². The summed E-state index contributed by atoms with van der Waals surface area (Å²) in [7, 11) is 0. The van der Waals surface area contributed by atoms with Crippen LogP contribution in [0.25, 0.3) is 0 Å². The van der Waals surface area contributed by atoms with E-state index in [-0.39, 0.29) is 5.91 Å². The Morgan fingerprint density at radius 2 is 1.73 bits per heavy atom. The van der Waals surface area contributed by atoms with Gasteiger partial charge in [-0.25, -0.2) is 0 Å². The molecule has 4 nitrogen and oxygen atoms in total. The number of nitrogens with zero attached hydrogens (tertiary/aromatic N) is 2. The lowest BCUT2D eigenvalue weighted by atomic mass is 10.1. The summed E-state index contributed by atoms with van der Waals surface area (Å²) in [5.74, 6) is 0.932. The molecule has 3 aromatic carbocycles. The zero-order valence-corrected chi connectivity index (χ0v) is 20.5. The molecule has 1 heterocycles. The van der Waals surface area contributed by atoms with Gasteiger partial charge in [-0.2, -0.15) is 0 Å². The number of aryl methyl sites for hydroxylation is 2. The lowest BCUT2D eigenvalue weighted by Gasteiger charge is -2.35. The van der Waals surface area contributed by atoms with Gasteiger partial charge in [0.25, 0.3) is 5.91 Å². The van der Waals surface area contributed by atoms with Gasteiger partial charge in [0.2, 0.25) is 0 Å². The van der Waals surface area contributed by atoms with Gasteiger partial charge in [-0.15, -0.1) is 0 Å². The summed E-state index contributed by atoms with van der Waals surface area (Å²) in [6, 6.07) is 19.5. The fourth-order valence-corrected chi connectivity index (χ4v) is 4.57. The number of benzene rings is 3. The van der Waals surface area contributed by atoms with Crippen molar-refractivity contribution in [3.8, 4) is 5.75 Å². The normalized spacial score (nSPS) is 14.4. The Balaban J connectivity index is 1.33. The fourth-order valence-electron chi connectivity index (χ4n) is 4.10. The molecule has 4 rings (SSSR count). The number of halogens is 2. The Kier molecular flexibility index (Phi) is 7.59. The number of piperazine rings is 1. The van der Waals surface area contributed by atoms with Crippen LogP contribution in [0, 0.1) is 13.8 Å². The Morgan fingerprint density at radius 1 is 0.939 bits per heavy atom. The smallest absolute Gasteiger partial charge is 0.253 e. The zero-order chi connectivity index (χ0) is 23.4. The quantitative estimate of drug-likeness (QED) is 0.422. The van der Waals surface area contributed by atoms with Crippen LogP contribution in [0.4, 0.5) is 0 Å². The van der Waals surface area contributed by atoms with Gasteiger partial charge in [0.15, 0.2) is 0 Å². The highest BCUT2D eigenvalue weighted by molar-refractivity contribution is 6.35. The van der Waals surface area contributed by atoms with E-state index in [4.69, 9.17) is 27.9 Å². The SMILES string of the molecule is Cc1ccc(OCc2cccc(C(=O)N3CCN(Cc4ccc(Cl)cc4Cl)CC3)c2)c(C)c1. The maximum absolute atomic E-state index is 13.1. The third kappa shape index (κ3) is 6.08. The van der Waals surface area contributed by atoms with Crippen LogP contribution in [0.3, 0.4) is 0 Å². The molecule has 0 aromatic heterocycles. The molecule has 1 saturated heterocycles. The molecule has 172 valence electrons. The van der Waals surface area contributed by atoms with Gasteiger partial charge < -0.3 is 9.64 Å². The molecule has 0 atom stereocenters. The first-order valence-electron chi connectivity index (χ1n) is 11.1. The van der Waals surface area contributed by atoms with Gasteiger partial charge in [0.1, 0.15) is 12.4 Å². The van der Waals surface area contributed by atoms with E-state index in [1.807, 2.05) is 60.4 Å². The lowest BCUT2D eigenvalue weighted by Crippen LogP contribution is -2.48. The van der Waals surface area contributed by atoms with Gasteiger partial charge in [-0.3, -0.25) is 9.69 Å². The molecule has 1 aliphatic rings. The van der Waals surface area contributed by atoms with Crippen LogP contribution >= 0.6 is 23.2 Å². The zero-order valence-electron chi connectivity index (χ0n) is 19.0. The Labute approximate surface area is 205 Å². The maximum atomic E-state index is 13.1. The van der Waals surface area contributed by atoms with E-state index in [9.17, 15) is 4.79 Å². The molecule has 0 radical (unpaired) electrons. The molecule has 3 aromatic rings. The highest BCUT2D eigenvalue weighted by Crippen LogP contribution is 2.23. The van der Waals surface area contributed by atoms with E-state index >= 15 is 0 Å². The number of hydrogen-bond donors (Lipinski definition) is 0. The van der Waals surface area contributed by atoms with Crippen molar-refractivity contribution in [3.05, 3.63) is 98.5 Å². The average Bonchev–Trinajstić information content (AvgIpc) is 2.80. The van der Waals surface area contributed by atoms with Crippen molar-refractivity contribution in [2.45, 2.75) is 27.0 Å². The summed E-state index contributed by atoms with van der Waals surface area (Å²) in [5.41, 5.74) is 5.06. The van der Waals surface area contributed by atoms with Crippen molar-refractivity contribution in [2.75, 3.05) is 26.2 Å². The molecular formula is C27H28Cl2N2O2. The third-order valence-electron chi connectivity index (χ3n) is 5.97. The molecule has 1 aliphatic heterocycles. The van der Waals surface area contributed by atoms with Crippen LogP contribution in [0.5, 0.6) is 5.75 Å². The van der Waals surface area contributed by atoms with Crippen LogP contribution in [0.15, 0.2) is 60.7 Å². The first-order chi connectivity index (χ1) is 15.9. The maximum Gasteiger partial charge on any atom is 0.253 e. The molecule has 1 amide bonds. The summed E-state index contributed by atoms with van der Waals surface area (Å²) < 4.78 is 6.00. The minimum atomic E-state index is 0.0625. The van der Waals surface area contributed by atoms with Gasteiger partial charge in [-0.1, -0.05) is 59.1 Å².